The van der Waals surface area contributed by atoms with Gasteiger partial charge in [0.15, 0.2) is 0 Å². The lowest BCUT2D eigenvalue weighted by molar-refractivity contribution is -0.117. The summed E-state index contributed by atoms with van der Waals surface area (Å²) in [6.07, 6.45) is -4.74. The van der Waals surface area contributed by atoms with Gasteiger partial charge in [-0.05, 0) is 32.1 Å². The van der Waals surface area contributed by atoms with Gasteiger partial charge in [0.05, 0.1) is 6.76 Å². The molecule has 0 aromatic carbocycles. The molecule has 114 valence electrons. The van der Waals surface area contributed by atoms with Crippen molar-refractivity contribution in [2.24, 2.45) is 14.0 Å². The fourth-order valence-electron chi connectivity index (χ4n) is 2.09. The third-order valence-electron chi connectivity index (χ3n) is 3.05. The van der Waals surface area contributed by atoms with Crippen LogP contribution in [0.15, 0.2) is 15.8 Å². The topological polar surface area (TPSA) is 66.0 Å². The lowest BCUT2D eigenvalue weighted by Crippen LogP contribution is -2.39. The number of carbonyl (C=O) groups is 1. The van der Waals surface area contributed by atoms with Crippen molar-refractivity contribution in [3.05, 3.63) is 32.6 Å². The third kappa shape index (κ3) is 2.70. The van der Waals surface area contributed by atoms with Gasteiger partial charge in [0.2, 0.25) is 0 Å². The quantitative estimate of drug-likeness (QED) is 0.831. The summed E-state index contributed by atoms with van der Waals surface area (Å²) in [6, 6.07) is 0. The molecule has 2 aromatic heterocycles. The van der Waals surface area contributed by atoms with Crippen molar-refractivity contribution >= 4 is 16.8 Å². The van der Waals surface area contributed by atoms with E-state index in [9.17, 15) is 14.4 Å². The molecule has 0 unspecified atom stereocenters. The molecule has 0 N–H and O–H groups in total. The second-order valence-corrected chi connectivity index (χ2v) is 4.43. The normalized spacial score (nSPS) is 22.1. The summed E-state index contributed by atoms with van der Waals surface area (Å²) in [5.74, 6) is -1.64. The van der Waals surface area contributed by atoms with E-state index in [2.05, 4.69) is 0 Å². The molecule has 0 aliphatic carbocycles. The maximum atomic E-state index is 13.1. The zero-order chi connectivity index (χ0) is 25.9. The van der Waals surface area contributed by atoms with E-state index >= 15 is 0 Å². The van der Waals surface area contributed by atoms with Crippen LogP contribution < -0.4 is 11.2 Å². The van der Waals surface area contributed by atoms with E-state index in [-0.39, 0.29) is 6.42 Å². The average molecular weight is 303 g/mol. The Kier molecular flexibility index (Phi) is 1.62. The van der Waals surface area contributed by atoms with Crippen molar-refractivity contribution in [1.29, 1.82) is 0 Å². The number of aryl methyl sites for hydroxylation is 3. The number of hydrogen-bond donors (Lipinski definition) is 0. The molecule has 2 heterocycles. The first-order valence-electron chi connectivity index (χ1n) is 12.0. The molecule has 21 heavy (non-hydrogen) atoms. The lowest BCUT2D eigenvalue weighted by atomic mass is 10.2. The number of rotatable bonds is 5. The first-order chi connectivity index (χ1) is 14.6. The highest BCUT2D eigenvalue weighted by Gasteiger charge is 2.15. The Morgan fingerprint density at radius 2 is 2.24 bits per heavy atom. The van der Waals surface area contributed by atoms with E-state index in [1.165, 1.54) is 0 Å². The maximum Gasteiger partial charge on any atom is 0.332 e. The summed E-state index contributed by atoms with van der Waals surface area (Å²) >= 11 is 0. The number of aromatic nitrogens is 3. The SMILES string of the molecule is [2H]c1c(C([2H])([2H])[2H])c2c(=O)n(CCCC([2H])([2H])C(=O)C([2H])([2H])[2H])c(=O)n(C)c2n1C([2H])([2H])[2H]. The van der Waals surface area contributed by atoms with Crippen molar-refractivity contribution in [2.75, 3.05) is 0 Å². The molecule has 0 amide bonds. The van der Waals surface area contributed by atoms with Crippen LogP contribution in [0.4, 0.5) is 0 Å². The highest BCUT2D eigenvalue weighted by Crippen LogP contribution is 2.13. The van der Waals surface area contributed by atoms with Crippen molar-refractivity contribution in [1.82, 2.24) is 13.7 Å². The zero-order valence-corrected chi connectivity index (χ0v) is 11.2. The Morgan fingerprint density at radius 3 is 2.90 bits per heavy atom. The monoisotopic (exact) mass is 303 g/mol. The molecule has 0 fully saturated rings. The minimum atomic E-state index is -3.19. The van der Waals surface area contributed by atoms with Crippen molar-refractivity contribution in [3.63, 3.8) is 0 Å². The second kappa shape index (κ2) is 5.71. The highest BCUT2D eigenvalue weighted by atomic mass is 16.2. The van der Waals surface area contributed by atoms with E-state index in [1.54, 1.807) is 0 Å². The van der Waals surface area contributed by atoms with Gasteiger partial charge in [0.1, 0.15) is 11.4 Å². The number of nitrogens with zero attached hydrogens (tertiary/aromatic N) is 3. The van der Waals surface area contributed by atoms with Crippen LogP contribution in [0.2, 0.25) is 0 Å². The maximum absolute atomic E-state index is 13.1. The summed E-state index contributed by atoms with van der Waals surface area (Å²) < 4.78 is 92.0. The van der Waals surface area contributed by atoms with Gasteiger partial charge >= 0.3 is 5.69 Å². The highest BCUT2D eigenvalue weighted by molar-refractivity contribution is 5.79. The van der Waals surface area contributed by atoms with Gasteiger partial charge in [-0.25, -0.2) is 4.79 Å². The Balaban J connectivity index is 2.68. The van der Waals surface area contributed by atoms with Gasteiger partial charge in [-0.15, -0.1) is 0 Å². The molecular weight excluding hydrogens is 270 g/mol. The number of Topliss-reactive ketones (excluding diaryl/α,β-unsaturated/α-hetero) is 1. The van der Waals surface area contributed by atoms with Gasteiger partial charge in [0.25, 0.3) is 5.56 Å². The third-order valence-corrected chi connectivity index (χ3v) is 3.05. The van der Waals surface area contributed by atoms with Crippen LogP contribution in [-0.4, -0.2) is 19.5 Å². The van der Waals surface area contributed by atoms with Gasteiger partial charge in [-0.3, -0.25) is 13.9 Å². The van der Waals surface area contributed by atoms with Gasteiger partial charge < -0.3 is 9.36 Å². The van der Waals surface area contributed by atoms with E-state index in [1.807, 2.05) is 0 Å². The Labute approximate surface area is 139 Å². The molecule has 0 spiro atoms. The molecule has 0 saturated heterocycles. The van der Waals surface area contributed by atoms with E-state index in [0.717, 1.165) is 7.05 Å². The second-order valence-electron chi connectivity index (χ2n) is 4.43. The van der Waals surface area contributed by atoms with E-state index < -0.39 is 79.8 Å². The standard InChI is InChI=1S/C15H21N3O3/c1-10-9-16(3)13-12(10)14(20)18(15(21)17(13)4)8-6-5-7-11(2)19/h9H,5-8H2,1-4H3/i1D3,2D3,3D3,7D2,9D. The molecule has 6 nitrogen and oxygen atoms in total. The first kappa shape index (κ1) is 5.94. The summed E-state index contributed by atoms with van der Waals surface area (Å²) in [7, 11) is 1.09. The molecule has 0 aliphatic rings. The minimum Gasteiger partial charge on any atom is -0.336 e. The summed E-state index contributed by atoms with van der Waals surface area (Å²) in [6.45, 7) is -9.84. The smallest absolute Gasteiger partial charge is 0.332 e. The van der Waals surface area contributed by atoms with Crippen molar-refractivity contribution < 1.29 is 21.2 Å². The molecule has 0 saturated carbocycles. The molecular formula is C15H21N3O3. The van der Waals surface area contributed by atoms with Crippen LogP contribution in [0, 0.1) is 6.85 Å². The van der Waals surface area contributed by atoms with E-state index in [4.69, 9.17) is 16.4 Å². The number of fused-ring (bicyclic) bond motifs is 1. The molecule has 6 heteroatoms. The molecule has 2 aromatic rings. The average Bonchev–Trinajstić information content (AvgIpc) is 2.95. The molecule has 0 bridgehead atoms. The van der Waals surface area contributed by atoms with Crippen LogP contribution in [0.5, 0.6) is 0 Å². The van der Waals surface area contributed by atoms with Crippen LogP contribution in [0.3, 0.4) is 0 Å². The zero-order valence-electron chi connectivity index (χ0n) is 23.2. The van der Waals surface area contributed by atoms with Gasteiger partial charge in [-0.1, -0.05) is 0 Å². The molecule has 0 radical (unpaired) electrons. The lowest BCUT2D eigenvalue weighted by Gasteiger charge is -2.09. The minimum absolute atomic E-state index is 0.310. The van der Waals surface area contributed by atoms with Crippen LogP contribution in [0.1, 0.15) is 48.1 Å². The fourth-order valence-corrected chi connectivity index (χ4v) is 2.09. The van der Waals surface area contributed by atoms with Crippen LogP contribution in [-0.2, 0) is 25.4 Å². The molecule has 2 rings (SSSR count). The number of carbonyl (C=O) groups excluding carboxylic acids is 1. The predicted molar refractivity (Wildman–Crippen MR) is 81.7 cm³/mol. The van der Waals surface area contributed by atoms with Crippen LogP contribution in [0.25, 0.3) is 11.0 Å². The van der Waals surface area contributed by atoms with Crippen molar-refractivity contribution in [2.45, 2.75) is 39.5 Å². The Bertz CT molecular complexity index is 1210. The van der Waals surface area contributed by atoms with Crippen LogP contribution >= 0.6 is 0 Å². The summed E-state index contributed by atoms with van der Waals surface area (Å²) in [5.41, 5.74) is -3.69. The Morgan fingerprint density at radius 1 is 1.43 bits per heavy atom. The summed E-state index contributed by atoms with van der Waals surface area (Å²) in [4.78, 5) is 37.6. The summed E-state index contributed by atoms with van der Waals surface area (Å²) in [5, 5.41) is -0.667. The first-order valence-corrected chi connectivity index (χ1v) is 6.04. The predicted octanol–water partition coefficient (Wildman–Crippen LogP) is 1.11. The van der Waals surface area contributed by atoms with Crippen molar-refractivity contribution in [3.8, 4) is 0 Å². The molecule has 0 atom stereocenters. The number of ketones is 1. The fraction of sp³-hybridized carbons (Fsp3) is 0.533. The largest absolute Gasteiger partial charge is 0.336 e. The number of hydrogen-bond acceptors (Lipinski definition) is 3. The van der Waals surface area contributed by atoms with Gasteiger partial charge in [0, 0.05) is 48.2 Å². The van der Waals surface area contributed by atoms with Gasteiger partial charge in [-0.2, -0.15) is 0 Å². The Hall–Kier alpha value is -2.11. The molecule has 0 aliphatic heterocycles. The van der Waals surface area contributed by atoms with E-state index in [0.29, 0.717) is 13.7 Å².